The van der Waals surface area contributed by atoms with Gasteiger partial charge < -0.3 is 10.1 Å². The molecular formula is C18H19ClN2O3. The summed E-state index contributed by atoms with van der Waals surface area (Å²) in [4.78, 5) is 23.6. The minimum Gasteiger partial charge on any atom is -0.450 e. The first-order valence-electron chi connectivity index (χ1n) is 7.59. The van der Waals surface area contributed by atoms with Crippen LogP contribution in [0.25, 0.3) is 0 Å². The Morgan fingerprint density at radius 3 is 2.29 bits per heavy atom. The van der Waals surface area contributed by atoms with Crippen LogP contribution in [0.1, 0.15) is 35.8 Å². The largest absolute Gasteiger partial charge is 0.450 e. The second-order valence-electron chi connectivity index (χ2n) is 5.17. The first kappa shape index (κ1) is 17.8. The van der Waals surface area contributed by atoms with E-state index in [2.05, 4.69) is 10.6 Å². The smallest absolute Gasteiger partial charge is 0.411 e. The van der Waals surface area contributed by atoms with Crippen molar-refractivity contribution in [2.45, 2.75) is 19.9 Å². The molecule has 2 rings (SSSR count). The molecule has 126 valence electrons. The summed E-state index contributed by atoms with van der Waals surface area (Å²) in [5, 5.41) is 6.15. The Bertz CT molecular complexity index is 699. The molecule has 2 aromatic rings. The molecular weight excluding hydrogens is 328 g/mol. The number of benzene rings is 2. The molecule has 0 saturated carbocycles. The number of halogens is 1. The lowest BCUT2D eigenvalue weighted by Gasteiger charge is -2.14. The van der Waals surface area contributed by atoms with Gasteiger partial charge in [-0.15, -0.1) is 0 Å². The molecule has 0 aliphatic heterocycles. The Morgan fingerprint density at radius 1 is 1.08 bits per heavy atom. The summed E-state index contributed by atoms with van der Waals surface area (Å²) in [5.41, 5.74) is 2.04. The summed E-state index contributed by atoms with van der Waals surface area (Å²) in [7, 11) is 0. The second-order valence-corrected chi connectivity index (χ2v) is 5.61. The van der Waals surface area contributed by atoms with Gasteiger partial charge in [0.1, 0.15) is 0 Å². The number of ether oxygens (including phenoxy) is 1. The van der Waals surface area contributed by atoms with Crippen molar-refractivity contribution >= 4 is 29.3 Å². The zero-order chi connectivity index (χ0) is 17.5. The quantitative estimate of drug-likeness (QED) is 0.843. The van der Waals surface area contributed by atoms with Crippen LogP contribution < -0.4 is 10.6 Å². The molecule has 0 unspecified atom stereocenters. The van der Waals surface area contributed by atoms with E-state index in [9.17, 15) is 9.59 Å². The van der Waals surface area contributed by atoms with E-state index < -0.39 is 6.09 Å². The normalized spacial score (nSPS) is 11.5. The molecule has 2 amide bonds. The minimum absolute atomic E-state index is 0.146. The predicted molar refractivity (Wildman–Crippen MR) is 94.4 cm³/mol. The van der Waals surface area contributed by atoms with Gasteiger partial charge in [0.15, 0.2) is 0 Å². The van der Waals surface area contributed by atoms with Gasteiger partial charge in [-0.3, -0.25) is 10.1 Å². The summed E-state index contributed by atoms with van der Waals surface area (Å²) in [6.45, 7) is 3.93. The van der Waals surface area contributed by atoms with E-state index in [1.54, 1.807) is 43.3 Å². The zero-order valence-corrected chi connectivity index (χ0v) is 14.3. The van der Waals surface area contributed by atoms with Gasteiger partial charge in [0.05, 0.1) is 12.6 Å². The maximum Gasteiger partial charge on any atom is 0.411 e. The number of amides is 2. The van der Waals surface area contributed by atoms with Crippen LogP contribution >= 0.6 is 11.6 Å². The van der Waals surface area contributed by atoms with Gasteiger partial charge >= 0.3 is 6.09 Å². The van der Waals surface area contributed by atoms with E-state index in [0.717, 1.165) is 5.56 Å². The third-order valence-electron chi connectivity index (χ3n) is 3.39. The molecule has 24 heavy (non-hydrogen) atoms. The number of hydrogen-bond donors (Lipinski definition) is 2. The molecule has 0 fully saturated rings. The van der Waals surface area contributed by atoms with Gasteiger partial charge in [0, 0.05) is 16.3 Å². The standard InChI is InChI=1S/C18H19ClN2O3/c1-3-24-18(23)21-16-10-6-14(7-11-16)17(22)20-12(2)13-4-8-15(19)9-5-13/h4-12H,3H2,1-2H3,(H,20,22)(H,21,23)/t12-/m1/s1. The van der Waals surface area contributed by atoms with Gasteiger partial charge in [-0.2, -0.15) is 0 Å². The Hall–Kier alpha value is -2.53. The highest BCUT2D eigenvalue weighted by Gasteiger charge is 2.12. The molecule has 0 saturated heterocycles. The monoisotopic (exact) mass is 346 g/mol. The summed E-state index contributed by atoms with van der Waals surface area (Å²) in [6.07, 6.45) is -0.522. The van der Waals surface area contributed by atoms with Gasteiger partial charge in [-0.1, -0.05) is 23.7 Å². The van der Waals surface area contributed by atoms with E-state index in [-0.39, 0.29) is 11.9 Å². The van der Waals surface area contributed by atoms with Gasteiger partial charge in [-0.05, 0) is 55.8 Å². The molecule has 2 N–H and O–H groups in total. The van der Waals surface area contributed by atoms with Crippen molar-refractivity contribution < 1.29 is 14.3 Å². The fraction of sp³-hybridized carbons (Fsp3) is 0.222. The van der Waals surface area contributed by atoms with Crippen molar-refractivity contribution in [3.05, 3.63) is 64.7 Å². The fourth-order valence-electron chi connectivity index (χ4n) is 2.10. The molecule has 5 nitrogen and oxygen atoms in total. The summed E-state index contributed by atoms with van der Waals surface area (Å²) in [5.74, 6) is -0.194. The highest BCUT2D eigenvalue weighted by atomic mass is 35.5. The average molecular weight is 347 g/mol. The number of carbonyl (C=O) groups excluding carboxylic acids is 2. The number of anilines is 1. The zero-order valence-electron chi connectivity index (χ0n) is 13.5. The molecule has 2 aromatic carbocycles. The fourth-order valence-corrected chi connectivity index (χ4v) is 2.23. The summed E-state index contributed by atoms with van der Waals surface area (Å²) < 4.78 is 4.79. The van der Waals surface area contributed by atoms with Gasteiger partial charge in [-0.25, -0.2) is 4.79 Å². The summed E-state index contributed by atoms with van der Waals surface area (Å²) in [6, 6.07) is 13.8. The first-order chi connectivity index (χ1) is 11.5. The van der Waals surface area contributed by atoms with Crippen molar-refractivity contribution in [2.75, 3.05) is 11.9 Å². The highest BCUT2D eigenvalue weighted by Crippen LogP contribution is 2.17. The Morgan fingerprint density at radius 2 is 1.71 bits per heavy atom. The summed E-state index contributed by atoms with van der Waals surface area (Å²) >= 11 is 5.86. The molecule has 0 aliphatic rings. The van der Waals surface area contributed by atoms with Crippen LogP contribution in [0, 0.1) is 0 Å². The molecule has 0 aliphatic carbocycles. The van der Waals surface area contributed by atoms with E-state index in [1.165, 1.54) is 0 Å². The van der Waals surface area contributed by atoms with Crippen LogP contribution in [-0.4, -0.2) is 18.6 Å². The molecule has 0 heterocycles. The third-order valence-corrected chi connectivity index (χ3v) is 3.64. The molecule has 0 aromatic heterocycles. The number of nitrogens with one attached hydrogen (secondary N) is 2. The van der Waals surface area contributed by atoms with Crippen LogP contribution in [0.2, 0.25) is 5.02 Å². The first-order valence-corrected chi connectivity index (χ1v) is 7.97. The van der Waals surface area contributed by atoms with E-state index in [4.69, 9.17) is 16.3 Å². The minimum atomic E-state index is -0.522. The Labute approximate surface area is 146 Å². The molecule has 6 heteroatoms. The average Bonchev–Trinajstić information content (AvgIpc) is 2.56. The van der Waals surface area contributed by atoms with Crippen LogP contribution in [-0.2, 0) is 4.74 Å². The Balaban J connectivity index is 1.97. The van der Waals surface area contributed by atoms with Crippen molar-refractivity contribution in [3.8, 4) is 0 Å². The van der Waals surface area contributed by atoms with E-state index in [0.29, 0.717) is 22.9 Å². The van der Waals surface area contributed by atoms with Gasteiger partial charge in [0.2, 0.25) is 0 Å². The lowest BCUT2D eigenvalue weighted by molar-refractivity contribution is 0.0940. The van der Waals surface area contributed by atoms with Crippen molar-refractivity contribution in [3.63, 3.8) is 0 Å². The van der Waals surface area contributed by atoms with E-state index in [1.807, 2.05) is 19.1 Å². The highest BCUT2D eigenvalue weighted by molar-refractivity contribution is 6.30. The van der Waals surface area contributed by atoms with Crippen LogP contribution in [0.5, 0.6) is 0 Å². The molecule has 0 radical (unpaired) electrons. The second kappa shape index (κ2) is 8.36. The molecule has 0 spiro atoms. The third kappa shape index (κ3) is 4.99. The van der Waals surface area contributed by atoms with Crippen molar-refractivity contribution in [1.29, 1.82) is 0 Å². The maximum atomic E-state index is 12.3. The lowest BCUT2D eigenvalue weighted by atomic mass is 10.1. The SMILES string of the molecule is CCOC(=O)Nc1ccc(C(=O)N[C@H](C)c2ccc(Cl)cc2)cc1. The number of hydrogen-bond acceptors (Lipinski definition) is 3. The van der Waals surface area contributed by atoms with E-state index >= 15 is 0 Å². The number of rotatable bonds is 5. The van der Waals surface area contributed by atoms with Crippen molar-refractivity contribution in [1.82, 2.24) is 5.32 Å². The van der Waals surface area contributed by atoms with Crippen LogP contribution in [0.15, 0.2) is 48.5 Å². The van der Waals surface area contributed by atoms with Crippen LogP contribution in [0.3, 0.4) is 0 Å². The topological polar surface area (TPSA) is 67.4 Å². The molecule has 0 bridgehead atoms. The van der Waals surface area contributed by atoms with Gasteiger partial charge in [0.25, 0.3) is 5.91 Å². The maximum absolute atomic E-state index is 12.3. The molecule has 1 atom stereocenters. The number of carbonyl (C=O) groups is 2. The van der Waals surface area contributed by atoms with Crippen LogP contribution in [0.4, 0.5) is 10.5 Å². The lowest BCUT2D eigenvalue weighted by Crippen LogP contribution is -2.26. The Kier molecular flexibility index (Phi) is 6.21. The van der Waals surface area contributed by atoms with Crippen molar-refractivity contribution in [2.24, 2.45) is 0 Å². The predicted octanol–water partition coefficient (Wildman–Crippen LogP) is 4.40.